The van der Waals surface area contributed by atoms with Crippen LogP contribution in [0.3, 0.4) is 0 Å². The van der Waals surface area contributed by atoms with E-state index in [1.807, 2.05) is 44.2 Å². The molecule has 0 aliphatic carbocycles. The average molecular weight is 543 g/mol. The van der Waals surface area contributed by atoms with Crippen molar-refractivity contribution in [1.82, 2.24) is 0 Å². The first-order valence-electron chi connectivity index (χ1n) is 10.5. The van der Waals surface area contributed by atoms with Gasteiger partial charge in [-0.1, -0.05) is 65.4 Å². The number of benzene rings is 3. The zero-order valence-electron chi connectivity index (χ0n) is 18.8. The van der Waals surface area contributed by atoms with Crippen molar-refractivity contribution in [1.29, 1.82) is 0 Å². The monoisotopic (exact) mass is 542 g/mol. The minimum absolute atomic E-state index is 0.152. The van der Waals surface area contributed by atoms with Gasteiger partial charge in [-0.25, -0.2) is 0 Å². The molecule has 1 aliphatic heterocycles. The highest BCUT2D eigenvalue weighted by Crippen LogP contribution is 2.36. The molecule has 0 unspecified atom stereocenters. The Morgan fingerprint density at radius 1 is 1.03 bits per heavy atom. The summed E-state index contributed by atoms with van der Waals surface area (Å²) in [5, 5.41) is 3.54. The molecule has 0 saturated carbocycles. The Labute approximate surface area is 223 Å². The number of hydrogen-bond acceptors (Lipinski definition) is 5. The number of halogens is 2. The van der Waals surface area contributed by atoms with Gasteiger partial charge >= 0.3 is 0 Å². The number of carbonyl (C=O) groups is 2. The average Bonchev–Trinajstić information content (AvgIpc) is 3.07. The largest absolute Gasteiger partial charge is 0.484 e. The summed E-state index contributed by atoms with van der Waals surface area (Å²) in [6.07, 6.45) is 1.79. The number of thiocarbonyl (C=S) groups is 1. The van der Waals surface area contributed by atoms with Crippen LogP contribution < -0.4 is 15.0 Å². The van der Waals surface area contributed by atoms with E-state index < -0.39 is 0 Å². The van der Waals surface area contributed by atoms with Crippen LogP contribution in [0, 0.1) is 13.8 Å². The maximum atomic E-state index is 13.0. The third-order valence-electron chi connectivity index (χ3n) is 5.24. The van der Waals surface area contributed by atoms with Gasteiger partial charge in [0.05, 0.1) is 10.6 Å². The van der Waals surface area contributed by atoms with Crippen LogP contribution in [0.5, 0.6) is 5.75 Å². The van der Waals surface area contributed by atoms with Crippen molar-refractivity contribution in [3.8, 4) is 5.75 Å². The molecule has 0 bridgehead atoms. The molecule has 3 aromatic rings. The number of thioether (sulfide) groups is 1. The Bertz CT molecular complexity index is 1340. The summed E-state index contributed by atoms with van der Waals surface area (Å²) in [4.78, 5) is 27.3. The van der Waals surface area contributed by atoms with Gasteiger partial charge in [0, 0.05) is 15.7 Å². The molecule has 0 spiro atoms. The fourth-order valence-corrected chi connectivity index (χ4v) is 5.16. The van der Waals surface area contributed by atoms with Gasteiger partial charge in [0.15, 0.2) is 10.9 Å². The van der Waals surface area contributed by atoms with Crippen LogP contribution in [-0.2, 0) is 9.59 Å². The predicted molar refractivity (Wildman–Crippen MR) is 149 cm³/mol. The van der Waals surface area contributed by atoms with Crippen molar-refractivity contribution in [2.75, 3.05) is 16.8 Å². The van der Waals surface area contributed by atoms with Crippen LogP contribution in [0.25, 0.3) is 6.08 Å². The molecule has 4 rings (SSSR count). The van der Waals surface area contributed by atoms with Crippen molar-refractivity contribution in [3.63, 3.8) is 0 Å². The highest BCUT2D eigenvalue weighted by Gasteiger charge is 2.33. The summed E-state index contributed by atoms with van der Waals surface area (Å²) in [6, 6.07) is 17.7. The van der Waals surface area contributed by atoms with Crippen LogP contribution >= 0.6 is 47.2 Å². The van der Waals surface area contributed by atoms with Gasteiger partial charge in [-0.3, -0.25) is 14.5 Å². The Hall–Kier alpha value is -2.84. The zero-order chi connectivity index (χ0) is 25.1. The SMILES string of the molecule is Cc1ccc(N2C(=O)/C(=C/c3ccc(OCC(=O)Nc4cc(Cl)cc(Cl)c4)cc3)SC2=S)cc1C. The van der Waals surface area contributed by atoms with E-state index in [1.165, 1.54) is 11.8 Å². The van der Waals surface area contributed by atoms with Crippen LogP contribution in [0.15, 0.2) is 65.6 Å². The maximum Gasteiger partial charge on any atom is 0.270 e. The molecular weight excluding hydrogens is 523 g/mol. The lowest BCUT2D eigenvalue weighted by molar-refractivity contribution is -0.118. The summed E-state index contributed by atoms with van der Waals surface area (Å²) in [5.74, 6) is 0.0212. The molecule has 1 saturated heterocycles. The number of rotatable bonds is 6. The summed E-state index contributed by atoms with van der Waals surface area (Å²) < 4.78 is 6.06. The number of amides is 2. The first-order chi connectivity index (χ1) is 16.7. The summed E-state index contributed by atoms with van der Waals surface area (Å²) >= 11 is 18.6. The number of aryl methyl sites for hydroxylation is 2. The van der Waals surface area contributed by atoms with E-state index in [9.17, 15) is 9.59 Å². The zero-order valence-corrected chi connectivity index (χ0v) is 21.9. The normalized spacial score (nSPS) is 14.5. The standard InChI is InChI=1S/C26H20Cl2N2O3S2/c1-15-3-6-21(9-16(15)2)30-25(32)23(35-26(30)34)10-17-4-7-22(8-5-17)33-14-24(31)29-20-12-18(27)11-19(28)13-20/h3-13H,14H2,1-2H3,(H,29,31)/b23-10-. The summed E-state index contributed by atoms with van der Waals surface area (Å²) in [7, 11) is 0. The summed E-state index contributed by atoms with van der Waals surface area (Å²) in [5.41, 5.74) is 4.33. The highest BCUT2D eigenvalue weighted by atomic mass is 35.5. The third-order valence-corrected chi connectivity index (χ3v) is 6.98. The third kappa shape index (κ3) is 6.24. The van der Waals surface area contributed by atoms with E-state index in [-0.39, 0.29) is 18.4 Å². The predicted octanol–water partition coefficient (Wildman–Crippen LogP) is 7.03. The molecule has 0 radical (unpaired) electrons. The molecule has 2 amide bonds. The Balaban J connectivity index is 1.38. The number of ether oxygens (including phenoxy) is 1. The second kappa shape index (κ2) is 10.8. The number of anilines is 2. The lowest BCUT2D eigenvalue weighted by atomic mass is 10.1. The first kappa shape index (κ1) is 25.3. The molecule has 1 heterocycles. The molecule has 1 N–H and O–H groups in total. The fourth-order valence-electron chi connectivity index (χ4n) is 3.34. The van der Waals surface area contributed by atoms with E-state index in [0.717, 1.165) is 22.4 Å². The van der Waals surface area contributed by atoms with Crippen molar-refractivity contribution in [2.45, 2.75) is 13.8 Å². The molecule has 0 aromatic heterocycles. The Morgan fingerprint density at radius 2 is 1.71 bits per heavy atom. The molecule has 0 atom stereocenters. The van der Waals surface area contributed by atoms with Crippen molar-refractivity contribution < 1.29 is 14.3 Å². The van der Waals surface area contributed by atoms with Gasteiger partial charge in [0.2, 0.25) is 0 Å². The van der Waals surface area contributed by atoms with Crippen LogP contribution in [0.4, 0.5) is 11.4 Å². The molecule has 5 nitrogen and oxygen atoms in total. The van der Waals surface area contributed by atoms with Gasteiger partial charge in [0.1, 0.15) is 5.75 Å². The first-order valence-corrected chi connectivity index (χ1v) is 12.5. The molecule has 178 valence electrons. The van der Waals surface area contributed by atoms with Crippen LogP contribution in [0.1, 0.15) is 16.7 Å². The topological polar surface area (TPSA) is 58.6 Å². The van der Waals surface area contributed by atoms with Gasteiger partial charge < -0.3 is 10.1 Å². The molecule has 1 fully saturated rings. The number of nitrogens with zero attached hydrogens (tertiary/aromatic N) is 1. The molecule has 3 aromatic carbocycles. The van der Waals surface area contributed by atoms with E-state index in [2.05, 4.69) is 5.32 Å². The van der Waals surface area contributed by atoms with Crippen LogP contribution in [-0.4, -0.2) is 22.7 Å². The van der Waals surface area contributed by atoms with Gasteiger partial charge in [-0.05, 0) is 79.1 Å². The fraction of sp³-hybridized carbons (Fsp3) is 0.115. The molecule has 9 heteroatoms. The number of nitrogens with one attached hydrogen (secondary N) is 1. The molecule has 1 aliphatic rings. The second-order valence-electron chi connectivity index (χ2n) is 7.85. The Morgan fingerprint density at radius 3 is 2.37 bits per heavy atom. The Kier molecular flexibility index (Phi) is 7.82. The minimum atomic E-state index is -0.345. The van der Waals surface area contributed by atoms with E-state index in [4.69, 9.17) is 40.2 Å². The lowest BCUT2D eigenvalue weighted by Crippen LogP contribution is -2.27. The van der Waals surface area contributed by atoms with Crippen LogP contribution in [0.2, 0.25) is 10.0 Å². The van der Waals surface area contributed by atoms with Crippen molar-refractivity contribution in [3.05, 3.63) is 92.3 Å². The highest BCUT2D eigenvalue weighted by molar-refractivity contribution is 8.27. The smallest absolute Gasteiger partial charge is 0.270 e. The van der Waals surface area contributed by atoms with E-state index in [1.54, 1.807) is 41.3 Å². The lowest BCUT2D eigenvalue weighted by Gasteiger charge is -2.15. The van der Waals surface area contributed by atoms with E-state index >= 15 is 0 Å². The van der Waals surface area contributed by atoms with Crippen molar-refractivity contribution in [2.24, 2.45) is 0 Å². The number of hydrogen-bond donors (Lipinski definition) is 1. The van der Waals surface area contributed by atoms with Crippen molar-refractivity contribution >= 4 is 80.8 Å². The van der Waals surface area contributed by atoms with Gasteiger partial charge in [-0.2, -0.15) is 0 Å². The second-order valence-corrected chi connectivity index (χ2v) is 10.4. The van der Waals surface area contributed by atoms with Gasteiger partial charge in [-0.15, -0.1) is 0 Å². The number of carbonyl (C=O) groups excluding carboxylic acids is 2. The summed E-state index contributed by atoms with van der Waals surface area (Å²) in [6.45, 7) is 3.85. The molecular formula is C26H20Cl2N2O3S2. The maximum absolute atomic E-state index is 13.0. The molecule has 35 heavy (non-hydrogen) atoms. The van der Waals surface area contributed by atoms with Gasteiger partial charge in [0.25, 0.3) is 11.8 Å². The quantitative estimate of drug-likeness (QED) is 0.267. The minimum Gasteiger partial charge on any atom is -0.484 e. The van der Waals surface area contributed by atoms with E-state index in [0.29, 0.717) is 30.7 Å².